The fourth-order valence-corrected chi connectivity index (χ4v) is 5.40. The molecule has 0 saturated carbocycles. The SMILES string of the molecule is COc1nccc(Cl)c1S(=O)(=O)Nc1cccc(-c2cc3cnc(Cl)cc3nc2C)c1Cl. The number of halogens is 3. The Balaban J connectivity index is 1.80. The van der Waals surface area contributed by atoms with Gasteiger partial charge in [0, 0.05) is 40.7 Å². The minimum Gasteiger partial charge on any atom is -0.480 e. The molecule has 0 aliphatic rings. The molecule has 3 aromatic heterocycles. The van der Waals surface area contributed by atoms with E-state index in [9.17, 15) is 8.42 Å². The van der Waals surface area contributed by atoms with Crippen LogP contribution in [0.4, 0.5) is 5.69 Å². The number of aromatic nitrogens is 3. The summed E-state index contributed by atoms with van der Waals surface area (Å²) in [4.78, 5) is 12.3. The lowest BCUT2D eigenvalue weighted by Crippen LogP contribution is -2.15. The molecule has 3 heterocycles. The smallest absolute Gasteiger partial charge is 0.268 e. The molecular weight excluding hydrogens is 495 g/mol. The van der Waals surface area contributed by atoms with Crippen LogP contribution >= 0.6 is 34.8 Å². The van der Waals surface area contributed by atoms with E-state index in [-0.39, 0.29) is 26.5 Å². The van der Waals surface area contributed by atoms with Gasteiger partial charge in [0.1, 0.15) is 5.15 Å². The van der Waals surface area contributed by atoms with Crippen LogP contribution in [0.5, 0.6) is 5.88 Å². The van der Waals surface area contributed by atoms with E-state index >= 15 is 0 Å². The second-order valence-electron chi connectivity index (χ2n) is 6.72. The number of aryl methyl sites for hydroxylation is 1. The first-order valence-corrected chi connectivity index (χ1v) is 11.8. The fraction of sp³-hybridized carbons (Fsp3) is 0.0952. The molecule has 0 atom stereocenters. The number of hydrogen-bond acceptors (Lipinski definition) is 6. The molecule has 4 aromatic rings. The molecule has 0 fully saturated rings. The van der Waals surface area contributed by atoms with Crippen LogP contribution in [0.1, 0.15) is 5.69 Å². The van der Waals surface area contributed by atoms with Crippen LogP contribution in [-0.4, -0.2) is 30.5 Å². The van der Waals surface area contributed by atoms with Crippen LogP contribution in [-0.2, 0) is 10.0 Å². The van der Waals surface area contributed by atoms with Crippen LogP contribution in [0.2, 0.25) is 15.2 Å². The maximum atomic E-state index is 13.1. The van der Waals surface area contributed by atoms with Gasteiger partial charge in [-0.2, -0.15) is 0 Å². The molecule has 32 heavy (non-hydrogen) atoms. The Kier molecular flexibility index (Phi) is 6.13. The molecule has 0 bridgehead atoms. The van der Waals surface area contributed by atoms with Crippen LogP contribution in [0, 0.1) is 6.92 Å². The molecule has 0 radical (unpaired) electrons. The van der Waals surface area contributed by atoms with Crippen molar-refractivity contribution >= 4 is 61.4 Å². The lowest BCUT2D eigenvalue weighted by molar-refractivity contribution is 0.385. The summed E-state index contributed by atoms with van der Waals surface area (Å²) in [5, 5.41) is 1.28. The van der Waals surface area contributed by atoms with Gasteiger partial charge >= 0.3 is 0 Å². The van der Waals surface area contributed by atoms with Crippen molar-refractivity contribution in [2.24, 2.45) is 0 Å². The molecule has 0 saturated heterocycles. The number of rotatable bonds is 5. The first kappa shape index (κ1) is 22.5. The average Bonchev–Trinajstić information content (AvgIpc) is 2.74. The topological polar surface area (TPSA) is 94.1 Å². The average molecular weight is 510 g/mol. The highest BCUT2D eigenvalue weighted by Gasteiger charge is 2.26. The van der Waals surface area contributed by atoms with E-state index in [4.69, 9.17) is 39.5 Å². The van der Waals surface area contributed by atoms with E-state index < -0.39 is 10.0 Å². The number of anilines is 1. The minimum absolute atomic E-state index is 0.0302. The van der Waals surface area contributed by atoms with Gasteiger partial charge in [0.05, 0.1) is 28.4 Å². The van der Waals surface area contributed by atoms with E-state index in [0.717, 1.165) is 10.9 Å². The van der Waals surface area contributed by atoms with Gasteiger partial charge in [-0.25, -0.2) is 18.4 Å². The summed E-state index contributed by atoms with van der Waals surface area (Å²) < 4.78 is 33.7. The second-order valence-corrected chi connectivity index (χ2v) is 9.52. The molecule has 0 amide bonds. The number of ether oxygens (including phenoxy) is 1. The summed E-state index contributed by atoms with van der Waals surface area (Å²) >= 11 is 18.7. The van der Waals surface area contributed by atoms with Crippen molar-refractivity contribution < 1.29 is 13.2 Å². The molecule has 1 N–H and O–H groups in total. The highest BCUT2D eigenvalue weighted by atomic mass is 35.5. The summed E-state index contributed by atoms with van der Waals surface area (Å²) in [6.07, 6.45) is 2.97. The Labute approximate surface area is 199 Å². The second kappa shape index (κ2) is 8.71. The summed E-state index contributed by atoms with van der Waals surface area (Å²) in [5.74, 6) is -0.127. The zero-order valence-corrected chi connectivity index (χ0v) is 19.8. The van der Waals surface area contributed by atoms with Crippen LogP contribution in [0.25, 0.3) is 22.0 Å². The third-order valence-corrected chi connectivity index (χ3v) is 7.14. The quantitative estimate of drug-likeness (QED) is 0.343. The van der Waals surface area contributed by atoms with Gasteiger partial charge in [0.25, 0.3) is 10.0 Å². The molecule has 7 nitrogen and oxygen atoms in total. The van der Waals surface area contributed by atoms with Crippen molar-refractivity contribution in [2.45, 2.75) is 11.8 Å². The molecule has 4 rings (SSSR count). The highest BCUT2D eigenvalue weighted by Crippen LogP contribution is 2.38. The molecule has 164 valence electrons. The highest BCUT2D eigenvalue weighted by molar-refractivity contribution is 7.93. The molecular formula is C21H15Cl3N4O3S. The van der Waals surface area contributed by atoms with Gasteiger partial charge in [-0.1, -0.05) is 46.9 Å². The molecule has 0 spiro atoms. The number of nitrogens with zero attached hydrogens (tertiary/aromatic N) is 3. The maximum Gasteiger partial charge on any atom is 0.268 e. The lowest BCUT2D eigenvalue weighted by Gasteiger charge is -2.15. The number of nitrogens with one attached hydrogen (secondary N) is 1. The molecule has 0 unspecified atom stereocenters. The van der Waals surface area contributed by atoms with Crippen molar-refractivity contribution in [3.8, 4) is 17.0 Å². The summed E-state index contributed by atoms with van der Waals surface area (Å²) in [5.41, 5.74) is 2.87. The van der Waals surface area contributed by atoms with Crippen molar-refractivity contribution in [3.05, 3.63) is 69.7 Å². The Morgan fingerprint density at radius 1 is 1.03 bits per heavy atom. The van der Waals surface area contributed by atoms with E-state index in [1.807, 2.05) is 13.0 Å². The van der Waals surface area contributed by atoms with Gasteiger partial charge in [0.15, 0.2) is 4.90 Å². The number of hydrogen-bond donors (Lipinski definition) is 1. The molecule has 0 aliphatic heterocycles. The normalized spacial score (nSPS) is 11.5. The minimum atomic E-state index is -4.15. The number of benzene rings is 1. The van der Waals surface area contributed by atoms with Crippen molar-refractivity contribution in [1.82, 2.24) is 15.0 Å². The van der Waals surface area contributed by atoms with Crippen LogP contribution in [0.15, 0.2) is 53.7 Å². The molecule has 11 heteroatoms. The first-order valence-electron chi connectivity index (χ1n) is 9.14. The van der Waals surface area contributed by atoms with Gasteiger partial charge in [-0.05, 0) is 25.1 Å². The summed E-state index contributed by atoms with van der Waals surface area (Å²) in [7, 11) is -2.84. The monoisotopic (exact) mass is 508 g/mol. The summed E-state index contributed by atoms with van der Waals surface area (Å²) in [6, 6.07) is 9.92. The Morgan fingerprint density at radius 2 is 1.81 bits per heavy atom. The predicted molar refractivity (Wildman–Crippen MR) is 126 cm³/mol. The Bertz CT molecular complexity index is 1460. The van der Waals surface area contributed by atoms with Gasteiger partial charge in [0.2, 0.25) is 5.88 Å². The zero-order chi connectivity index (χ0) is 23.0. The molecule has 1 aromatic carbocycles. The van der Waals surface area contributed by atoms with Gasteiger partial charge < -0.3 is 4.74 Å². The largest absolute Gasteiger partial charge is 0.480 e. The van der Waals surface area contributed by atoms with E-state index in [2.05, 4.69) is 19.7 Å². The van der Waals surface area contributed by atoms with Crippen molar-refractivity contribution in [1.29, 1.82) is 0 Å². The lowest BCUT2D eigenvalue weighted by atomic mass is 10.0. The fourth-order valence-electron chi connectivity index (χ4n) is 3.22. The van der Waals surface area contributed by atoms with E-state index in [0.29, 0.717) is 21.9 Å². The standard InChI is InChI=1S/C21H15Cl3N4O3S/c1-11-14(8-12-10-26-18(23)9-17(12)27-11)13-4-3-5-16(19(13)24)28-32(29,30)20-15(22)6-7-25-21(20)31-2/h3-10,28H,1-2H3. The predicted octanol–water partition coefficient (Wildman–Crippen LogP) is 5.77. The number of pyridine rings is 3. The van der Waals surface area contributed by atoms with Gasteiger partial charge in [-0.15, -0.1) is 0 Å². The van der Waals surface area contributed by atoms with Crippen molar-refractivity contribution in [2.75, 3.05) is 11.8 Å². The third-order valence-electron chi connectivity index (χ3n) is 4.68. The van der Waals surface area contributed by atoms with Crippen molar-refractivity contribution in [3.63, 3.8) is 0 Å². The maximum absolute atomic E-state index is 13.1. The third kappa shape index (κ3) is 4.19. The van der Waals surface area contributed by atoms with Crippen LogP contribution in [0.3, 0.4) is 0 Å². The summed E-state index contributed by atoms with van der Waals surface area (Å²) in [6.45, 7) is 1.83. The van der Waals surface area contributed by atoms with Gasteiger partial charge in [-0.3, -0.25) is 9.71 Å². The molecule has 0 aliphatic carbocycles. The number of methoxy groups -OCH3 is 1. The van der Waals surface area contributed by atoms with E-state index in [1.165, 1.54) is 19.4 Å². The van der Waals surface area contributed by atoms with E-state index in [1.54, 1.807) is 30.5 Å². The van der Waals surface area contributed by atoms with Crippen LogP contribution < -0.4 is 9.46 Å². The Hall–Kier alpha value is -2.65. The first-order chi connectivity index (χ1) is 15.2. The Morgan fingerprint density at radius 3 is 2.56 bits per heavy atom. The number of fused-ring (bicyclic) bond motifs is 1. The zero-order valence-electron chi connectivity index (χ0n) is 16.7. The number of sulfonamides is 1.